The molecule has 0 aliphatic heterocycles. The molecule has 1 N–H and O–H groups in total. The number of aryl methyl sites for hydroxylation is 1. The molecule has 7 nitrogen and oxygen atoms in total. The summed E-state index contributed by atoms with van der Waals surface area (Å²) in [5, 5.41) is 14.7. The summed E-state index contributed by atoms with van der Waals surface area (Å²) in [4.78, 5) is 11.8. The molecule has 0 radical (unpaired) electrons. The molecule has 96 valence electrons. The quantitative estimate of drug-likeness (QED) is 0.875. The normalized spacial score (nSPS) is 10.9. The Labute approximate surface area is 105 Å². The Bertz CT molecular complexity index is 554. The molecule has 0 fully saturated rings. The van der Waals surface area contributed by atoms with E-state index in [2.05, 4.69) is 20.6 Å². The van der Waals surface area contributed by atoms with Gasteiger partial charge in [0.05, 0.1) is 5.69 Å². The largest absolute Gasteiger partial charge is 0.321 e. The number of nitrogens with one attached hydrogen (secondary N) is 1. The molecule has 1 amide bonds. The van der Waals surface area contributed by atoms with E-state index in [1.165, 1.54) is 0 Å². The summed E-state index contributed by atoms with van der Waals surface area (Å²) in [6, 6.07) is 0. The van der Waals surface area contributed by atoms with Gasteiger partial charge >= 0.3 is 0 Å². The number of rotatable bonds is 3. The van der Waals surface area contributed by atoms with Crippen molar-refractivity contribution in [2.45, 2.75) is 20.8 Å². The SMILES string of the molecule is Cc1c(NC(=O)C(C)C)c(-n2cnnc2)nn1C. The van der Waals surface area contributed by atoms with Crippen molar-refractivity contribution in [3.63, 3.8) is 0 Å². The number of aromatic nitrogens is 5. The average Bonchev–Trinajstić information content (AvgIpc) is 2.92. The van der Waals surface area contributed by atoms with Gasteiger partial charge < -0.3 is 5.32 Å². The first-order chi connectivity index (χ1) is 8.50. The Kier molecular flexibility index (Phi) is 3.14. The summed E-state index contributed by atoms with van der Waals surface area (Å²) in [5.41, 5.74) is 1.57. The van der Waals surface area contributed by atoms with Crippen LogP contribution in [0.15, 0.2) is 12.7 Å². The van der Waals surface area contributed by atoms with Gasteiger partial charge in [-0.2, -0.15) is 5.10 Å². The summed E-state index contributed by atoms with van der Waals surface area (Å²) in [6.45, 7) is 5.59. The molecular formula is C11H16N6O. The topological polar surface area (TPSA) is 77.6 Å². The number of carbonyl (C=O) groups excluding carboxylic acids is 1. The molecule has 2 rings (SSSR count). The van der Waals surface area contributed by atoms with Crippen LogP contribution in [0.3, 0.4) is 0 Å². The van der Waals surface area contributed by atoms with Gasteiger partial charge in [0.15, 0.2) is 5.82 Å². The second-order valence-corrected chi connectivity index (χ2v) is 4.42. The molecule has 2 heterocycles. The van der Waals surface area contributed by atoms with E-state index in [0.29, 0.717) is 11.5 Å². The van der Waals surface area contributed by atoms with Gasteiger partial charge in [-0.15, -0.1) is 10.2 Å². The van der Waals surface area contributed by atoms with Crippen LogP contribution < -0.4 is 5.32 Å². The molecular weight excluding hydrogens is 232 g/mol. The van der Waals surface area contributed by atoms with Gasteiger partial charge in [0.1, 0.15) is 18.3 Å². The highest BCUT2D eigenvalue weighted by molar-refractivity contribution is 5.94. The number of hydrogen-bond donors (Lipinski definition) is 1. The molecule has 0 unspecified atom stereocenters. The fraction of sp³-hybridized carbons (Fsp3) is 0.455. The summed E-state index contributed by atoms with van der Waals surface area (Å²) < 4.78 is 3.38. The van der Waals surface area contributed by atoms with E-state index in [1.807, 2.05) is 27.8 Å². The predicted molar refractivity (Wildman–Crippen MR) is 66.3 cm³/mol. The highest BCUT2D eigenvalue weighted by Gasteiger charge is 2.18. The zero-order chi connectivity index (χ0) is 13.3. The molecule has 2 aromatic heterocycles. The first-order valence-corrected chi connectivity index (χ1v) is 5.70. The van der Waals surface area contributed by atoms with E-state index in [0.717, 1.165) is 5.69 Å². The van der Waals surface area contributed by atoms with Crippen molar-refractivity contribution in [2.75, 3.05) is 5.32 Å². The van der Waals surface area contributed by atoms with Gasteiger partial charge in [-0.05, 0) is 6.92 Å². The van der Waals surface area contributed by atoms with Crippen molar-refractivity contribution in [3.8, 4) is 5.82 Å². The van der Waals surface area contributed by atoms with Crippen LogP contribution >= 0.6 is 0 Å². The summed E-state index contributed by atoms with van der Waals surface area (Å²) in [7, 11) is 1.83. The van der Waals surface area contributed by atoms with E-state index < -0.39 is 0 Å². The van der Waals surface area contributed by atoms with Crippen LogP contribution in [-0.2, 0) is 11.8 Å². The van der Waals surface area contributed by atoms with Crippen LogP contribution in [0, 0.1) is 12.8 Å². The summed E-state index contributed by atoms with van der Waals surface area (Å²) in [5.74, 6) is 0.493. The van der Waals surface area contributed by atoms with Crippen LogP contribution in [0.2, 0.25) is 0 Å². The monoisotopic (exact) mass is 248 g/mol. The van der Waals surface area contributed by atoms with Gasteiger partial charge in [-0.25, -0.2) is 0 Å². The van der Waals surface area contributed by atoms with Crippen molar-refractivity contribution in [2.24, 2.45) is 13.0 Å². The van der Waals surface area contributed by atoms with Crippen LogP contribution in [0.1, 0.15) is 19.5 Å². The van der Waals surface area contributed by atoms with Crippen molar-refractivity contribution in [1.29, 1.82) is 0 Å². The third kappa shape index (κ3) is 2.11. The van der Waals surface area contributed by atoms with Crippen molar-refractivity contribution < 1.29 is 4.79 Å². The second kappa shape index (κ2) is 4.59. The number of anilines is 1. The molecule has 0 atom stereocenters. The lowest BCUT2D eigenvalue weighted by atomic mass is 10.2. The van der Waals surface area contributed by atoms with Crippen LogP contribution in [0.5, 0.6) is 0 Å². The van der Waals surface area contributed by atoms with Crippen molar-refractivity contribution in [1.82, 2.24) is 24.5 Å². The van der Waals surface area contributed by atoms with Gasteiger partial charge in [-0.3, -0.25) is 14.0 Å². The van der Waals surface area contributed by atoms with E-state index in [4.69, 9.17) is 0 Å². The average molecular weight is 248 g/mol. The molecule has 0 bridgehead atoms. The van der Waals surface area contributed by atoms with Crippen molar-refractivity contribution >= 4 is 11.6 Å². The zero-order valence-electron chi connectivity index (χ0n) is 10.9. The lowest BCUT2D eigenvalue weighted by Crippen LogP contribution is -2.19. The fourth-order valence-electron chi connectivity index (χ4n) is 1.50. The highest BCUT2D eigenvalue weighted by Crippen LogP contribution is 2.23. The molecule has 0 saturated heterocycles. The summed E-state index contributed by atoms with van der Waals surface area (Å²) in [6.07, 6.45) is 3.10. The van der Waals surface area contributed by atoms with Gasteiger partial charge in [-0.1, -0.05) is 13.8 Å². The molecule has 0 saturated carbocycles. The maximum atomic E-state index is 11.8. The molecule has 0 spiro atoms. The summed E-state index contributed by atoms with van der Waals surface area (Å²) >= 11 is 0. The fourth-order valence-corrected chi connectivity index (χ4v) is 1.50. The van der Waals surface area contributed by atoms with E-state index in [9.17, 15) is 4.79 Å². The first kappa shape index (κ1) is 12.3. The Balaban J connectivity index is 2.42. The predicted octanol–water partition coefficient (Wildman–Crippen LogP) is 0.904. The van der Waals surface area contributed by atoms with Crippen LogP contribution in [0.4, 0.5) is 5.69 Å². The smallest absolute Gasteiger partial charge is 0.227 e. The minimum Gasteiger partial charge on any atom is -0.321 e. The number of amides is 1. The number of nitrogens with zero attached hydrogens (tertiary/aromatic N) is 5. The highest BCUT2D eigenvalue weighted by atomic mass is 16.1. The van der Waals surface area contributed by atoms with Gasteiger partial charge in [0.2, 0.25) is 5.91 Å². The molecule has 2 aromatic rings. The molecule has 7 heteroatoms. The minimum absolute atomic E-state index is 0.0413. The molecule has 0 aliphatic carbocycles. The molecule has 0 aliphatic rings. The third-order valence-electron chi connectivity index (χ3n) is 2.75. The third-order valence-corrected chi connectivity index (χ3v) is 2.75. The Morgan fingerprint density at radius 2 is 1.94 bits per heavy atom. The van der Waals surface area contributed by atoms with Crippen molar-refractivity contribution in [3.05, 3.63) is 18.3 Å². The first-order valence-electron chi connectivity index (χ1n) is 5.70. The molecule has 0 aromatic carbocycles. The Morgan fingerprint density at radius 1 is 1.33 bits per heavy atom. The zero-order valence-corrected chi connectivity index (χ0v) is 10.9. The van der Waals surface area contributed by atoms with Crippen LogP contribution in [-0.4, -0.2) is 30.5 Å². The number of carbonyl (C=O) groups is 1. The Morgan fingerprint density at radius 3 is 2.50 bits per heavy atom. The van der Waals surface area contributed by atoms with E-state index >= 15 is 0 Å². The molecule has 18 heavy (non-hydrogen) atoms. The minimum atomic E-state index is -0.0848. The maximum Gasteiger partial charge on any atom is 0.227 e. The lowest BCUT2D eigenvalue weighted by molar-refractivity contribution is -0.118. The standard InChI is InChI=1S/C11H16N6O/c1-7(2)11(18)14-9-8(3)16(4)15-10(9)17-5-12-13-6-17/h5-7H,1-4H3,(H,14,18). The van der Waals surface area contributed by atoms with Gasteiger partial charge in [0, 0.05) is 13.0 Å². The second-order valence-electron chi connectivity index (χ2n) is 4.42. The van der Waals surface area contributed by atoms with Gasteiger partial charge in [0.25, 0.3) is 0 Å². The number of hydrogen-bond acceptors (Lipinski definition) is 4. The lowest BCUT2D eigenvalue weighted by Gasteiger charge is -2.08. The van der Waals surface area contributed by atoms with Crippen LogP contribution in [0.25, 0.3) is 5.82 Å². The van der Waals surface area contributed by atoms with E-state index in [-0.39, 0.29) is 11.8 Å². The van der Waals surface area contributed by atoms with E-state index in [1.54, 1.807) is 21.9 Å². The Hall–Kier alpha value is -2.18. The maximum absolute atomic E-state index is 11.8.